The van der Waals surface area contributed by atoms with E-state index in [1.807, 2.05) is 19.2 Å². The van der Waals surface area contributed by atoms with Gasteiger partial charge in [-0.2, -0.15) is 0 Å². The molecule has 1 aliphatic rings. The minimum atomic E-state index is 0.0256. The van der Waals surface area contributed by atoms with Crippen LogP contribution in [0.15, 0.2) is 11.6 Å². The number of anilines is 1. The van der Waals surface area contributed by atoms with Gasteiger partial charge >= 0.3 is 0 Å². The quantitative estimate of drug-likeness (QED) is 0.762. The number of hydrogen-bond donors (Lipinski definition) is 0. The van der Waals surface area contributed by atoms with Crippen LogP contribution < -0.4 is 4.90 Å². The topological polar surface area (TPSA) is 54.9 Å². The number of ether oxygens (including phenoxy) is 2. The lowest BCUT2D eigenvalue weighted by Crippen LogP contribution is -2.47. The second-order valence-electron chi connectivity index (χ2n) is 5.74. The SMILES string of the molecule is CC(C)OCCC(=O)N(CC1CN(C)CCO1)c1nccs1. The summed E-state index contributed by atoms with van der Waals surface area (Å²) in [6.07, 6.45) is 2.24. The molecule has 1 aromatic rings. The fourth-order valence-electron chi connectivity index (χ4n) is 2.33. The first kappa shape index (κ1) is 17.3. The van der Waals surface area contributed by atoms with E-state index in [1.165, 1.54) is 11.3 Å². The van der Waals surface area contributed by atoms with Crippen molar-refractivity contribution in [1.82, 2.24) is 9.88 Å². The van der Waals surface area contributed by atoms with E-state index in [9.17, 15) is 4.79 Å². The Morgan fingerprint density at radius 3 is 3.09 bits per heavy atom. The summed E-state index contributed by atoms with van der Waals surface area (Å²) >= 11 is 1.47. The molecule has 0 radical (unpaired) electrons. The summed E-state index contributed by atoms with van der Waals surface area (Å²) in [5.41, 5.74) is 0. The maximum Gasteiger partial charge on any atom is 0.231 e. The molecule has 124 valence electrons. The van der Waals surface area contributed by atoms with Crippen molar-refractivity contribution < 1.29 is 14.3 Å². The van der Waals surface area contributed by atoms with Crippen molar-refractivity contribution in [3.05, 3.63) is 11.6 Å². The van der Waals surface area contributed by atoms with E-state index in [2.05, 4.69) is 16.9 Å². The Kier molecular flexibility index (Phi) is 6.75. The van der Waals surface area contributed by atoms with E-state index in [0.29, 0.717) is 26.2 Å². The number of nitrogens with zero attached hydrogens (tertiary/aromatic N) is 3. The third-order valence-electron chi connectivity index (χ3n) is 3.45. The zero-order chi connectivity index (χ0) is 15.9. The largest absolute Gasteiger partial charge is 0.378 e. The monoisotopic (exact) mass is 327 g/mol. The highest BCUT2D eigenvalue weighted by Crippen LogP contribution is 2.20. The number of thiazole rings is 1. The van der Waals surface area contributed by atoms with Gasteiger partial charge in [-0.05, 0) is 20.9 Å². The van der Waals surface area contributed by atoms with Gasteiger partial charge in [0.15, 0.2) is 5.13 Å². The predicted octanol–water partition coefficient (Wildman–Crippen LogP) is 1.62. The van der Waals surface area contributed by atoms with Gasteiger partial charge in [0.2, 0.25) is 5.91 Å². The van der Waals surface area contributed by atoms with Crippen molar-refractivity contribution in [2.24, 2.45) is 0 Å². The lowest BCUT2D eigenvalue weighted by molar-refractivity contribution is -0.120. The van der Waals surface area contributed by atoms with E-state index >= 15 is 0 Å². The molecule has 0 saturated carbocycles. The van der Waals surface area contributed by atoms with Crippen LogP contribution in [0.2, 0.25) is 0 Å². The number of carbonyl (C=O) groups is 1. The predicted molar refractivity (Wildman–Crippen MR) is 87.4 cm³/mol. The molecule has 1 unspecified atom stereocenters. The fraction of sp³-hybridized carbons (Fsp3) is 0.733. The maximum absolute atomic E-state index is 12.5. The lowest BCUT2D eigenvalue weighted by atomic mass is 10.2. The molecule has 7 heteroatoms. The zero-order valence-electron chi connectivity index (χ0n) is 13.5. The number of likely N-dealkylation sites (N-methyl/N-ethyl adjacent to an activating group) is 1. The molecule has 0 aromatic carbocycles. The molecular formula is C15H25N3O3S. The van der Waals surface area contributed by atoms with Crippen molar-refractivity contribution >= 4 is 22.4 Å². The Labute approximate surface area is 136 Å². The van der Waals surface area contributed by atoms with Crippen molar-refractivity contribution in [2.75, 3.05) is 44.8 Å². The number of morpholine rings is 1. The molecule has 0 aliphatic carbocycles. The number of aromatic nitrogens is 1. The molecule has 2 heterocycles. The number of carbonyl (C=O) groups excluding carboxylic acids is 1. The fourth-order valence-corrected chi connectivity index (χ4v) is 3.00. The Bertz CT molecular complexity index is 453. The molecule has 0 N–H and O–H groups in total. The van der Waals surface area contributed by atoms with E-state index in [4.69, 9.17) is 9.47 Å². The van der Waals surface area contributed by atoms with Crippen LogP contribution in [0, 0.1) is 0 Å². The molecule has 1 atom stereocenters. The van der Waals surface area contributed by atoms with Crippen LogP contribution in [0.25, 0.3) is 0 Å². The van der Waals surface area contributed by atoms with Gasteiger partial charge in [0.1, 0.15) is 0 Å². The Balaban J connectivity index is 1.95. The Morgan fingerprint density at radius 2 is 2.45 bits per heavy atom. The number of rotatable bonds is 7. The second-order valence-corrected chi connectivity index (χ2v) is 6.62. The third-order valence-corrected chi connectivity index (χ3v) is 4.24. The van der Waals surface area contributed by atoms with E-state index in [-0.39, 0.29) is 18.1 Å². The normalized spacial score (nSPS) is 19.5. The minimum absolute atomic E-state index is 0.0256. The van der Waals surface area contributed by atoms with Gasteiger partial charge in [-0.1, -0.05) is 0 Å². The van der Waals surface area contributed by atoms with Crippen molar-refractivity contribution in [3.8, 4) is 0 Å². The first-order valence-electron chi connectivity index (χ1n) is 7.68. The second kappa shape index (κ2) is 8.57. The summed E-state index contributed by atoms with van der Waals surface area (Å²) in [5.74, 6) is 0.0347. The van der Waals surface area contributed by atoms with Crippen LogP contribution in [-0.2, 0) is 14.3 Å². The van der Waals surface area contributed by atoms with Gasteiger partial charge in [-0.3, -0.25) is 9.69 Å². The van der Waals surface area contributed by atoms with Gasteiger partial charge in [0.05, 0.1) is 38.4 Å². The minimum Gasteiger partial charge on any atom is -0.378 e. The van der Waals surface area contributed by atoms with E-state index in [0.717, 1.165) is 18.2 Å². The molecule has 0 bridgehead atoms. The molecule has 2 rings (SSSR count). The Morgan fingerprint density at radius 1 is 1.64 bits per heavy atom. The first-order valence-corrected chi connectivity index (χ1v) is 8.56. The number of hydrogen-bond acceptors (Lipinski definition) is 6. The Hall–Kier alpha value is -1.02. The third kappa shape index (κ3) is 5.31. The molecule has 1 fully saturated rings. The van der Waals surface area contributed by atoms with Crippen LogP contribution in [0.3, 0.4) is 0 Å². The van der Waals surface area contributed by atoms with Gasteiger partial charge in [-0.15, -0.1) is 11.3 Å². The molecule has 1 aromatic heterocycles. The van der Waals surface area contributed by atoms with Gasteiger partial charge in [-0.25, -0.2) is 4.98 Å². The van der Waals surface area contributed by atoms with Gasteiger partial charge in [0, 0.05) is 24.7 Å². The summed E-state index contributed by atoms with van der Waals surface area (Å²) in [4.78, 5) is 20.8. The number of amides is 1. The molecule has 0 spiro atoms. The van der Waals surface area contributed by atoms with Crippen molar-refractivity contribution in [1.29, 1.82) is 0 Å². The van der Waals surface area contributed by atoms with Crippen LogP contribution in [-0.4, -0.2) is 67.9 Å². The van der Waals surface area contributed by atoms with Gasteiger partial charge in [0.25, 0.3) is 0 Å². The maximum atomic E-state index is 12.5. The van der Waals surface area contributed by atoms with Crippen LogP contribution in [0.4, 0.5) is 5.13 Å². The lowest BCUT2D eigenvalue weighted by Gasteiger charge is -2.33. The molecular weight excluding hydrogens is 302 g/mol. The van der Waals surface area contributed by atoms with E-state index in [1.54, 1.807) is 11.1 Å². The summed E-state index contributed by atoms with van der Waals surface area (Å²) < 4.78 is 11.3. The van der Waals surface area contributed by atoms with Crippen LogP contribution in [0.1, 0.15) is 20.3 Å². The highest BCUT2D eigenvalue weighted by Gasteiger charge is 2.25. The molecule has 1 aliphatic heterocycles. The molecule has 1 saturated heterocycles. The van der Waals surface area contributed by atoms with Crippen LogP contribution in [0.5, 0.6) is 0 Å². The van der Waals surface area contributed by atoms with Crippen molar-refractivity contribution in [2.45, 2.75) is 32.5 Å². The molecule has 1 amide bonds. The standard InChI is InChI=1S/C15H25N3O3S/c1-12(2)20-7-4-14(19)18(15-16-5-9-22-15)11-13-10-17(3)6-8-21-13/h5,9,12-13H,4,6-8,10-11H2,1-3H3. The van der Waals surface area contributed by atoms with Gasteiger partial charge < -0.3 is 14.4 Å². The van der Waals surface area contributed by atoms with E-state index < -0.39 is 0 Å². The smallest absolute Gasteiger partial charge is 0.231 e. The average molecular weight is 327 g/mol. The highest BCUT2D eigenvalue weighted by molar-refractivity contribution is 7.13. The molecule has 6 nitrogen and oxygen atoms in total. The zero-order valence-corrected chi connectivity index (χ0v) is 14.3. The molecule has 22 heavy (non-hydrogen) atoms. The summed E-state index contributed by atoms with van der Waals surface area (Å²) in [7, 11) is 2.07. The first-order chi connectivity index (χ1) is 10.6. The van der Waals surface area contributed by atoms with Crippen LogP contribution >= 0.6 is 11.3 Å². The summed E-state index contributed by atoms with van der Waals surface area (Å²) in [6.45, 7) is 7.38. The summed E-state index contributed by atoms with van der Waals surface area (Å²) in [5, 5.41) is 2.61. The van der Waals surface area contributed by atoms with Crippen molar-refractivity contribution in [3.63, 3.8) is 0 Å². The average Bonchev–Trinajstić information content (AvgIpc) is 2.98. The highest BCUT2D eigenvalue weighted by atomic mass is 32.1. The summed E-state index contributed by atoms with van der Waals surface area (Å²) in [6, 6.07) is 0.